The van der Waals surface area contributed by atoms with Crippen LogP contribution in [0.4, 0.5) is 11.4 Å². The Balaban J connectivity index is 0.000000489. The molecule has 2 saturated carbocycles. The van der Waals surface area contributed by atoms with E-state index in [1.165, 1.54) is 42.5 Å². The van der Waals surface area contributed by atoms with Gasteiger partial charge in [-0.1, -0.05) is 18.6 Å². The summed E-state index contributed by atoms with van der Waals surface area (Å²) in [6, 6.07) is 9.17. The van der Waals surface area contributed by atoms with E-state index in [0.29, 0.717) is 63.2 Å². The molecule has 122 heavy (non-hydrogen) atoms. The summed E-state index contributed by atoms with van der Waals surface area (Å²) >= 11 is 0. The van der Waals surface area contributed by atoms with Gasteiger partial charge in [0.05, 0.1) is 98.9 Å². The summed E-state index contributed by atoms with van der Waals surface area (Å²) in [6.45, 7) is 10.1. The Morgan fingerprint density at radius 1 is 0.459 bits per heavy atom. The lowest BCUT2D eigenvalue weighted by molar-refractivity contribution is -0.156. The molecule has 2 heterocycles. The molecule has 11 atom stereocenters. The minimum atomic E-state index is -4.66. The Hall–Kier alpha value is -9.18. The number of aliphatic hydroxyl groups excluding tert-OH is 8. The third-order valence-electron chi connectivity index (χ3n) is 19.3. The molecule has 682 valence electrons. The van der Waals surface area contributed by atoms with Gasteiger partial charge in [-0.05, 0) is 109 Å². The van der Waals surface area contributed by atoms with Crippen molar-refractivity contribution in [2.45, 2.75) is 187 Å². The fourth-order valence-electron chi connectivity index (χ4n) is 12.3. The van der Waals surface area contributed by atoms with Gasteiger partial charge in [0, 0.05) is 134 Å². The van der Waals surface area contributed by atoms with E-state index in [1.54, 1.807) is 59.7 Å². The number of anilines is 2. The Bertz CT molecular complexity index is 3960. The molecule has 4 aliphatic rings. The summed E-state index contributed by atoms with van der Waals surface area (Å²) in [5, 5.41) is 94.4. The summed E-state index contributed by atoms with van der Waals surface area (Å²) in [4.78, 5) is 161. The highest BCUT2D eigenvalue weighted by atomic mass is 32.2. The molecule has 41 heteroatoms. The summed E-state index contributed by atoms with van der Waals surface area (Å²) in [6.07, 6.45) is -4.38. The molecule has 2 aliphatic heterocycles. The first-order valence-corrected chi connectivity index (χ1v) is 41.9. The minimum Gasteiger partial charge on any atom is -0.485 e. The monoisotopic (exact) mass is 1750 g/mol. The molecular weight excluding hydrogens is 1630 g/mol. The smallest absolute Gasteiger partial charge is 0.311 e. The number of carbonyl (C=O) groups excluding carboxylic acids is 13. The van der Waals surface area contributed by atoms with E-state index in [0.717, 1.165) is 9.80 Å². The number of aliphatic hydroxyl groups is 8. The first kappa shape index (κ1) is 103. The number of unbranched alkanes of at least 4 members (excludes halogenated alkanes) is 2. The molecular formula is C81H119N7O33S. The maximum Gasteiger partial charge on any atom is 0.311 e. The third kappa shape index (κ3) is 37.5. The van der Waals surface area contributed by atoms with Crippen molar-refractivity contribution in [1.29, 1.82) is 0 Å². The van der Waals surface area contributed by atoms with Crippen molar-refractivity contribution in [3.05, 3.63) is 71.8 Å². The summed E-state index contributed by atoms with van der Waals surface area (Å²) in [5.74, 6) is -9.57. The van der Waals surface area contributed by atoms with Crippen LogP contribution >= 0.6 is 0 Å². The van der Waals surface area contributed by atoms with Crippen LogP contribution in [0.3, 0.4) is 0 Å². The van der Waals surface area contributed by atoms with Gasteiger partial charge in [-0.25, -0.2) is 0 Å². The number of nitrogens with one attached hydrogen (secondary N) is 5. The van der Waals surface area contributed by atoms with Crippen LogP contribution in [-0.4, -0.2) is 307 Å². The van der Waals surface area contributed by atoms with Crippen molar-refractivity contribution in [1.82, 2.24) is 25.8 Å². The fourth-order valence-corrected chi connectivity index (χ4v) is 13.1. The minimum absolute atomic E-state index is 0.0325. The number of imide groups is 2. The molecule has 0 aromatic heterocycles. The Morgan fingerprint density at radius 3 is 1.35 bits per heavy atom. The number of amides is 9. The van der Waals surface area contributed by atoms with Gasteiger partial charge in [-0.3, -0.25) is 76.7 Å². The van der Waals surface area contributed by atoms with Crippen LogP contribution in [0.1, 0.15) is 136 Å². The number of hydrogen-bond donors (Lipinski definition) is 14. The van der Waals surface area contributed by atoms with E-state index in [4.69, 9.17) is 42.6 Å². The van der Waals surface area contributed by atoms with Gasteiger partial charge in [0.2, 0.25) is 29.5 Å². The van der Waals surface area contributed by atoms with E-state index in [1.807, 2.05) is 0 Å². The number of nitrogens with zero attached hydrogens (tertiary/aromatic N) is 2. The van der Waals surface area contributed by atoms with Crippen molar-refractivity contribution < 1.29 is 159 Å². The lowest BCUT2D eigenvalue weighted by atomic mass is 9.81. The van der Waals surface area contributed by atoms with E-state index < -0.39 is 173 Å². The zero-order valence-corrected chi connectivity index (χ0v) is 70.4. The van der Waals surface area contributed by atoms with Gasteiger partial charge in [0.15, 0.2) is 0 Å². The van der Waals surface area contributed by atoms with Gasteiger partial charge in [-0.15, -0.1) is 0 Å². The van der Waals surface area contributed by atoms with Crippen LogP contribution in [0.15, 0.2) is 60.7 Å². The maximum absolute atomic E-state index is 13.0. The van der Waals surface area contributed by atoms with Crippen LogP contribution in [0.2, 0.25) is 0 Å². The largest absolute Gasteiger partial charge is 0.485 e. The third-order valence-corrected chi connectivity index (χ3v) is 20.1. The van der Waals surface area contributed by atoms with Gasteiger partial charge >= 0.3 is 11.9 Å². The average Bonchev–Trinajstić information content (AvgIpc) is 0.941. The van der Waals surface area contributed by atoms with Gasteiger partial charge < -0.3 is 110 Å². The molecule has 0 unspecified atom stereocenters. The number of ether oxygens (including phenoxy) is 9. The first-order chi connectivity index (χ1) is 57.7. The van der Waals surface area contributed by atoms with E-state index >= 15 is 0 Å². The highest BCUT2D eigenvalue weighted by Gasteiger charge is 2.46. The summed E-state index contributed by atoms with van der Waals surface area (Å²) in [7, 11) is -4.66. The van der Waals surface area contributed by atoms with Crippen LogP contribution in [0, 0.1) is 28.6 Å². The number of ketones is 2. The molecule has 2 aromatic carbocycles. The molecule has 0 radical (unpaired) electrons. The molecule has 40 nitrogen and oxygen atoms in total. The van der Waals surface area contributed by atoms with Gasteiger partial charge in [0.25, 0.3) is 33.7 Å². The quantitative estimate of drug-likeness (QED) is 0.0169. The molecule has 2 fully saturated rings. The highest BCUT2D eigenvalue weighted by Crippen LogP contribution is 2.36. The first-order valence-electron chi connectivity index (χ1n) is 40.3. The Labute approximate surface area is 707 Å². The van der Waals surface area contributed by atoms with E-state index in [2.05, 4.69) is 26.6 Å². The zero-order valence-electron chi connectivity index (χ0n) is 69.6. The number of benzene rings is 2. The van der Waals surface area contributed by atoms with Crippen LogP contribution < -0.4 is 36.1 Å². The predicted molar refractivity (Wildman–Crippen MR) is 429 cm³/mol. The maximum atomic E-state index is 13.0. The molecule has 9 amide bonds. The molecule has 0 saturated heterocycles. The van der Waals surface area contributed by atoms with Crippen molar-refractivity contribution in [2.75, 3.05) is 128 Å². The SMILES string of the molecule is CC(C)(C)C(=O)OCc1ccc(O[C@@H]2C[C@H](CO)[C@H](O)[C@H](O)[C@H]2O)c(NC(=O)CCNC(=O)CCCCCN2C(=O)C=CC2=O)c1.CC(C)(C)C(=O)OCc1ccc(O[C@@H]2C[C@H](CO)[C@H](O)[C@H](O)[C@H]2O)c(NC(=O)CCNC(=O)COCCNC(=O)[C@H](CC(=O)CCOCCOCCOCCOCCCC(=O)CCN2C(=O)C=CC2=O)CS(=O)(=O)O)c1. The van der Waals surface area contributed by atoms with Crippen LogP contribution in [0.5, 0.6) is 11.5 Å². The predicted octanol–water partition coefficient (Wildman–Crippen LogP) is -0.672. The normalized spacial score (nSPS) is 20.5. The topological polar surface area (TPSA) is 588 Å². The molecule has 6 rings (SSSR count). The van der Waals surface area contributed by atoms with E-state index in [-0.39, 0.29) is 177 Å². The summed E-state index contributed by atoms with van der Waals surface area (Å²) in [5.41, 5.74) is -0.208. The van der Waals surface area contributed by atoms with Crippen molar-refractivity contribution in [2.24, 2.45) is 28.6 Å². The standard InChI is InChI=1S/C49H74N4O22S.C32H45N3O11/c1-49(2,3)48(65)74-29-32-6-7-38(75-39-27-33(28-54)44(61)46(63)45(39)62)37(25-32)52-40(57)10-13-50-41(58)30-73-18-14-51-47(64)34(31-76(66,67)68)26-36(56)12-17-70-20-22-72-24-23-71-21-19-69-16-4-5-35(55)11-15-53-42(59)8-9-43(53)60;1-32(2,3)31(44)45-18-19-8-9-22(46-23-16-20(17-36)28(41)30(43)29(23)42)21(15-19)34-25(38)12-13-33-24(37)7-5-4-6-14-35-26(39)10-11-27(35)40/h6-9,25,33-34,39,44-46,54,61-63H,4-5,10-24,26-31H2,1-3H3,(H,50,58)(H,51,64)(H,52,57)(H,66,67,68);8-11,15,20,23,28-30,36,41-43H,4-7,12-14,16-18H2,1-3H3,(H,33,37)(H,34,38)/t33-,34-,39-,44+,45+,46+;20-,23-,28+,29+,30+/m11/s1. The van der Waals surface area contributed by atoms with Crippen LogP contribution in [-0.2, 0) is 119 Å². The number of esters is 2. The van der Waals surface area contributed by atoms with E-state index in [9.17, 15) is 116 Å². The molecule has 14 N–H and O–H groups in total. The second kappa shape index (κ2) is 52.4. The molecule has 2 aliphatic carbocycles. The summed E-state index contributed by atoms with van der Waals surface area (Å²) < 4.78 is 82.3. The number of carbonyl (C=O) groups is 13. The molecule has 0 bridgehead atoms. The second-order valence-corrected chi connectivity index (χ2v) is 33.0. The van der Waals surface area contributed by atoms with Gasteiger partial charge in [0.1, 0.15) is 79.5 Å². The number of hydrogen-bond acceptors (Lipinski definition) is 32. The van der Waals surface area contributed by atoms with Crippen molar-refractivity contribution in [3.63, 3.8) is 0 Å². The number of Topliss-reactive ketones (excluding diaryl/α,β-unsaturated/α-hetero) is 2. The second-order valence-electron chi connectivity index (χ2n) is 31.5. The zero-order chi connectivity index (χ0) is 90.3. The lowest BCUT2D eigenvalue weighted by Gasteiger charge is -2.39. The van der Waals surface area contributed by atoms with Gasteiger partial charge in [-0.2, -0.15) is 8.42 Å². The number of rotatable bonds is 53. The Kier molecular flexibility index (Phi) is 44.4. The molecule has 0 spiro atoms. The highest BCUT2D eigenvalue weighted by molar-refractivity contribution is 7.85. The fraction of sp³-hybridized carbons (Fsp3) is 0.642. The average molecular weight is 1750 g/mol. The van der Waals surface area contributed by atoms with Crippen LogP contribution in [0.25, 0.3) is 0 Å². The van der Waals surface area contributed by atoms with Crippen molar-refractivity contribution in [3.8, 4) is 11.5 Å². The lowest BCUT2D eigenvalue weighted by Crippen LogP contribution is -2.56. The van der Waals surface area contributed by atoms with Crippen molar-refractivity contribution >= 4 is 98.2 Å². The Morgan fingerprint density at radius 2 is 0.902 bits per heavy atom. The molecule has 2 aromatic rings.